The summed E-state index contributed by atoms with van der Waals surface area (Å²) in [7, 11) is 0. The fraction of sp³-hybridized carbons (Fsp3) is 0.412. The fourth-order valence-corrected chi connectivity index (χ4v) is 2.57. The molecule has 1 aromatic carbocycles. The highest BCUT2D eigenvalue weighted by molar-refractivity contribution is 5.98. The standard InChI is InChI=1S/C17H22N2O3/c1-3-10-19-14-7-5-4-6-13(14)11-15(19)17(22)18-12(2)8-9-16(20)21/h4-7,11-12H,3,8-10H2,1-2H3,(H,18,22)(H,20,21). The van der Waals surface area contributed by atoms with Gasteiger partial charge in [-0.3, -0.25) is 9.59 Å². The van der Waals surface area contributed by atoms with Gasteiger partial charge in [-0.2, -0.15) is 0 Å². The molecule has 0 bridgehead atoms. The van der Waals surface area contributed by atoms with Gasteiger partial charge >= 0.3 is 5.97 Å². The van der Waals surface area contributed by atoms with Crippen LogP contribution in [0.2, 0.25) is 0 Å². The molecule has 0 radical (unpaired) electrons. The summed E-state index contributed by atoms with van der Waals surface area (Å²) >= 11 is 0. The average molecular weight is 302 g/mol. The number of carbonyl (C=O) groups excluding carboxylic acids is 1. The maximum absolute atomic E-state index is 12.5. The molecule has 0 fully saturated rings. The number of para-hydroxylation sites is 1. The van der Waals surface area contributed by atoms with E-state index in [1.165, 1.54) is 0 Å². The minimum absolute atomic E-state index is 0.0550. The molecule has 2 N–H and O–H groups in total. The van der Waals surface area contributed by atoms with Crippen molar-refractivity contribution < 1.29 is 14.7 Å². The van der Waals surface area contributed by atoms with E-state index in [9.17, 15) is 9.59 Å². The Bertz CT molecular complexity index is 676. The smallest absolute Gasteiger partial charge is 0.303 e. The summed E-state index contributed by atoms with van der Waals surface area (Å²) in [5.74, 6) is -0.997. The number of benzene rings is 1. The lowest BCUT2D eigenvalue weighted by Gasteiger charge is -2.14. The van der Waals surface area contributed by atoms with Crippen molar-refractivity contribution in [3.8, 4) is 0 Å². The minimum Gasteiger partial charge on any atom is -0.481 e. The third-order valence-electron chi connectivity index (χ3n) is 3.66. The molecule has 0 spiro atoms. The summed E-state index contributed by atoms with van der Waals surface area (Å²) < 4.78 is 2.02. The zero-order chi connectivity index (χ0) is 16.1. The number of nitrogens with zero attached hydrogens (tertiary/aromatic N) is 1. The molecule has 1 amide bonds. The Labute approximate surface area is 129 Å². The molecule has 0 saturated carbocycles. The number of aliphatic carboxylic acids is 1. The highest BCUT2D eigenvalue weighted by Crippen LogP contribution is 2.20. The molecule has 118 valence electrons. The quantitative estimate of drug-likeness (QED) is 0.826. The summed E-state index contributed by atoms with van der Waals surface area (Å²) in [6, 6.07) is 9.64. The van der Waals surface area contributed by atoms with E-state index in [0.29, 0.717) is 12.1 Å². The van der Waals surface area contributed by atoms with Gasteiger partial charge in [-0.05, 0) is 31.9 Å². The zero-order valence-electron chi connectivity index (χ0n) is 13.0. The van der Waals surface area contributed by atoms with Crippen molar-refractivity contribution in [3.63, 3.8) is 0 Å². The molecule has 1 unspecified atom stereocenters. The lowest BCUT2D eigenvalue weighted by atomic mass is 10.2. The molecule has 22 heavy (non-hydrogen) atoms. The monoisotopic (exact) mass is 302 g/mol. The van der Waals surface area contributed by atoms with E-state index in [0.717, 1.165) is 23.9 Å². The molecule has 5 nitrogen and oxygen atoms in total. The summed E-state index contributed by atoms with van der Waals surface area (Å²) in [5, 5.41) is 12.6. The number of carbonyl (C=O) groups is 2. The second-order valence-electron chi connectivity index (χ2n) is 5.55. The van der Waals surface area contributed by atoms with Crippen molar-refractivity contribution in [1.82, 2.24) is 9.88 Å². The Morgan fingerprint density at radius 3 is 2.73 bits per heavy atom. The first-order valence-corrected chi connectivity index (χ1v) is 7.63. The molecule has 0 aliphatic carbocycles. The topological polar surface area (TPSA) is 71.3 Å². The lowest BCUT2D eigenvalue weighted by Crippen LogP contribution is -2.34. The van der Waals surface area contributed by atoms with E-state index in [1.54, 1.807) is 0 Å². The van der Waals surface area contributed by atoms with Gasteiger partial charge in [-0.25, -0.2) is 0 Å². The Hall–Kier alpha value is -2.30. The molecule has 1 aromatic heterocycles. The highest BCUT2D eigenvalue weighted by Gasteiger charge is 2.17. The Morgan fingerprint density at radius 1 is 1.32 bits per heavy atom. The van der Waals surface area contributed by atoms with Gasteiger partial charge in [0.2, 0.25) is 0 Å². The molecular weight excluding hydrogens is 280 g/mol. The van der Waals surface area contributed by atoms with E-state index in [2.05, 4.69) is 12.2 Å². The van der Waals surface area contributed by atoms with Crippen LogP contribution in [0, 0.1) is 0 Å². The molecule has 0 aliphatic heterocycles. The molecule has 1 heterocycles. The number of nitrogens with one attached hydrogen (secondary N) is 1. The van der Waals surface area contributed by atoms with Crippen LogP contribution in [-0.4, -0.2) is 27.6 Å². The molecule has 2 aromatic rings. The average Bonchev–Trinajstić information content (AvgIpc) is 2.85. The van der Waals surface area contributed by atoms with Crippen LogP contribution < -0.4 is 5.32 Å². The summed E-state index contributed by atoms with van der Waals surface area (Å²) in [5.41, 5.74) is 1.68. The van der Waals surface area contributed by atoms with Crippen LogP contribution in [0.5, 0.6) is 0 Å². The molecule has 0 aliphatic rings. The molecule has 0 saturated heterocycles. The zero-order valence-corrected chi connectivity index (χ0v) is 13.0. The van der Waals surface area contributed by atoms with Crippen LogP contribution in [0.25, 0.3) is 10.9 Å². The van der Waals surface area contributed by atoms with Gasteiger partial charge in [0, 0.05) is 29.9 Å². The van der Waals surface area contributed by atoms with Gasteiger partial charge in [0.15, 0.2) is 0 Å². The van der Waals surface area contributed by atoms with Crippen molar-refractivity contribution in [1.29, 1.82) is 0 Å². The number of hydrogen-bond donors (Lipinski definition) is 2. The number of carboxylic acids is 1. The predicted octanol–water partition coefficient (Wildman–Crippen LogP) is 3.03. The SMILES string of the molecule is CCCn1c(C(=O)NC(C)CCC(=O)O)cc2ccccc21. The number of amides is 1. The number of aryl methyl sites for hydroxylation is 1. The van der Waals surface area contributed by atoms with Crippen LogP contribution >= 0.6 is 0 Å². The van der Waals surface area contributed by atoms with E-state index in [-0.39, 0.29) is 18.4 Å². The Kier molecular flexibility index (Phi) is 5.20. The summed E-state index contributed by atoms with van der Waals surface area (Å²) in [6.07, 6.45) is 1.42. The van der Waals surface area contributed by atoms with E-state index in [1.807, 2.05) is 41.8 Å². The molecule has 5 heteroatoms. The van der Waals surface area contributed by atoms with Gasteiger partial charge in [0.05, 0.1) is 0 Å². The molecule has 2 rings (SSSR count). The second kappa shape index (κ2) is 7.11. The van der Waals surface area contributed by atoms with Crippen LogP contribution in [0.1, 0.15) is 43.6 Å². The number of rotatable bonds is 7. The minimum atomic E-state index is -0.846. The van der Waals surface area contributed by atoms with Crippen LogP contribution in [-0.2, 0) is 11.3 Å². The van der Waals surface area contributed by atoms with E-state index >= 15 is 0 Å². The first kappa shape index (κ1) is 16.1. The lowest BCUT2D eigenvalue weighted by molar-refractivity contribution is -0.137. The number of fused-ring (bicyclic) bond motifs is 1. The van der Waals surface area contributed by atoms with Crippen molar-refractivity contribution in [3.05, 3.63) is 36.0 Å². The van der Waals surface area contributed by atoms with Crippen molar-refractivity contribution in [2.75, 3.05) is 0 Å². The second-order valence-corrected chi connectivity index (χ2v) is 5.55. The van der Waals surface area contributed by atoms with Crippen LogP contribution in [0.3, 0.4) is 0 Å². The third-order valence-corrected chi connectivity index (χ3v) is 3.66. The number of carboxylic acid groups (broad SMARTS) is 1. The molecular formula is C17H22N2O3. The van der Waals surface area contributed by atoms with Gasteiger partial charge in [0.25, 0.3) is 5.91 Å². The fourth-order valence-electron chi connectivity index (χ4n) is 2.57. The predicted molar refractivity (Wildman–Crippen MR) is 86.0 cm³/mol. The first-order valence-electron chi connectivity index (χ1n) is 7.63. The summed E-state index contributed by atoms with van der Waals surface area (Å²) in [4.78, 5) is 23.1. The maximum atomic E-state index is 12.5. The van der Waals surface area contributed by atoms with E-state index in [4.69, 9.17) is 5.11 Å². The van der Waals surface area contributed by atoms with E-state index < -0.39 is 5.97 Å². The third kappa shape index (κ3) is 3.67. The maximum Gasteiger partial charge on any atom is 0.303 e. The van der Waals surface area contributed by atoms with Crippen molar-refractivity contribution >= 4 is 22.8 Å². The Morgan fingerprint density at radius 2 is 2.05 bits per heavy atom. The Balaban J connectivity index is 2.20. The van der Waals surface area contributed by atoms with Crippen molar-refractivity contribution in [2.45, 2.75) is 45.7 Å². The van der Waals surface area contributed by atoms with Gasteiger partial charge in [-0.1, -0.05) is 25.1 Å². The number of hydrogen-bond acceptors (Lipinski definition) is 2. The first-order chi connectivity index (χ1) is 10.5. The van der Waals surface area contributed by atoms with Gasteiger partial charge in [0.1, 0.15) is 5.69 Å². The normalized spacial score (nSPS) is 12.3. The van der Waals surface area contributed by atoms with Crippen LogP contribution in [0.15, 0.2) is 30.3 Å². The molecule has 1 atom stereocenters. The van der Waals surface area contributed by atoms with Crippen molar-refractivity contribution in [2.24, 2.45) is 0 Å². The van der Waals surface area contributed by atoms with Gasteiger partial charge < -0.3 is 15.0 Å². The van der Waals surface area contributed by atoms with Gasteiger partial charge in [-0.15, -0.1) is 0 Å². The van der Waals surface area contributed by atoms with Crippen LogP contribution in [0.4, 0.5) is 0 Å². The number of aromatic nitrogens is 1. The highest BCUT2D eigenvalue weighted by atomic mass is 16.4. The largest absolute Gasteiger partial charge is 0.481 e. The summed E-state index contributed by atoms with van der Waals surface area (Å²) in [6.45, 7) is 4.68.